The van der Waals surface area contributed by atoms with Gasteiger partial charge in [0, 0.05) is 19.6 Å². The molecule has 0 fully saturated rings. The molecule has 1 aliphatic heterocycles. The molecule has 0 unspecified atom stereocenters. The third-order valence-electron chi connectivity index (χ3n) is 3.02. The number of amides is 1. The van der Waals surface area contributed by atoms with Crippen LogP contribution in [0.2, 0.25) is 0 Å². The lowest BCUT2D eigenvalue weighted by Crippen LogP contribution is -2.22. The average Bonchev–Trinajstić information content (AvgIpc) is 2.42. The predicted molar refractivity (Wildman–Crippen MR) is 68.4 cm³/mol. The number of fused-ring (bicyclic) bond motifs is 1. The van der Waals surface area contributed by atoms with Crippen LogP contribution in [-0.4, -0.2) is 24.2 Å². The molecule has 4 nitrogen and oxygen atoms in total. The van der Waals surface area contributed by atoms with Gasteiger partial charge in [0.2, 0.25) is 5.91 Å². The molecule has 0 aliphatic carbocycles. The van der Waals surface area contributed by atoms with Crippen molar-refractivity contribution in [2.45, 2.75) is 32.2 Å². The van der Waals surface area contributed by atoms with E-state index in [-0.39, 0.29) is 12.5 Å². The van der Waals surface area contributed by atoms with E-state index in [1.807, 2.05) is 12.1 Å². The summed E-state index contributed by atoms with van der Waals surface area (Å²) in [4.78, 5) is 11.4. The molecule has 0 atom stereocenters. The van der Waals surface area contributed by atoms with Gasteiger partial charge in [-0.1, -0.05) is 12.1 Å². The average molecular weight is 249 g/mol. The molecule has 0 saturated heterocycles. The number of nitrogens with one attached hydrogen (secondary N) is 1. The Morgan fingerprint density at radius 3 is 3.17 bits per heavy atom. The number of benzene rings is 1. The van der Waals surface area contributed by atoms with Gasteiger partial charge in [0.15, 0.2) is 0 Å². The van der Waals surface area contributed by atoms with Gasteiger partial charge in [0.1, 0.15) is 5.75 Å². The quantitative estimate of drug-likeness (QED) is 0.829. The van der Waals surface area contributed by atoms with Crippen molar-refractivity contribution in [3.05, 3.63) is 29.3 Å². The summed E-state index contributed by atoms with van der Waals surface area (Å²) in [6.07, 6.45) is 3.00. The number of hydrogen-bond acceptors (Lipinski definition) is 3. The van der Waals surface area contributed by atoms with E-state index >= 15 is 0 Å². The van der Waals surface area contributed by atoms with Crippen molar-refractivity contribution < 1.29 is 14.6 Å². The van der Waals surface area contributed by atoms with E-state index < -0.39 is 0 Å². The Morgan fingerprint density at radius 2 is 2.33 bits per heavy atom. The number of carbonyl (C=O) groups is 1. The Hall–Kier alpha value is -1.55. The van der Waals surface area contributed by atoms with Gasteiger partial charge in [0.05, 0.1) is 6.61 Å². The van der Waals surface area contributed by atoms with Crippen LogP contribution in [0.3, 0.4) is 0 Å². The predicted octanol–water partition coefficient (Wildman–Crippen LogP) is 1.40. The maximum absolute atomic E-state index is 11.4. The Balaban J connectivity index is 1.88. The highest BCUT2D eigenvalue weighted by molar-refractivity contribution is 5.75. The van der Waals surface area contributed by atoms with Crippen LogP contribution in [0.1, 0.15) is 30.4 Å². The Labute approximate surface area is 107 Å². The van der Waals surface area contributed by atoms with Crippen molar-refractivity contribution in [3.8, 4) is 5.75 Å². The summed E-state index contributed by atoms with van der Waals surface area (Å²) in [6.45, 7) is 1.39. The molecular formula is C14H19NO3. The number of ether oxygens (including phenoxy) is 1. The van der Waals surface area contributed by atoms with E-state index in [1.54, 1.807) is 0 Å². The Bertz CT molecular complexity index is 418. The van der Waals surface area contributed by atoms with Crippen molar-refractivity contribution in [3.63, 3.8) is 0 Å². The van der Waals surface area contributed by atoms with E-state index in [1.165, 1.54) is 5.56 Å². The molecule has 1 heterocycles. The summed E-state index contributed by atoms with van der Waals surface area (Å²) >= 11 is 0. The first-order chi connectivity index (χ1) is 8.79. The molecule has 0 spiro atoms. The second-order valence-corrected chi connectivity index (χ2v) is 4.50. The summed E-state index contributed by atoms with van der Waals surface area (Å²) in [6, 6.07) is 6.06. The zero-order chi connectivity index (χ0) is 12.8. The smallest absolute Gasteiger partial charge is 0.220 e. The minimum absolute atomic E-state index is 0.0157. The summed E-state index contributed by atoms with van der Waals surface area (Å²) in [7, 11) is 0. The molecule has 0 aromatic heterocycles. The molecule has 0 saturated carbocycles. The van der Waals surface area contributed by atoms with Gasteiger partial charge < -0.3 is 15.2 Å². The molecule has 4 heteroatoms. The highest BCUT2D eigenvalue weighted by atomic mass is 16.5. The third kappa shape index (κ3) is 3.47. The van der Waals surface area contributed by atoms with Crippen LogP contribution in [0.25, 0.3) is 0 Å². The molecule has 98 valence electrons. The topological polar surface area (TPSA) is 58.6 Å². The SMILES string of the molecule is O=C(CCCO)NCc1ccc2c(c1)CCCO2. The van der Waals surface area contributed by atoms with Crippen LogP contribution in [0.4, 0.5) is 0 Å². The second-order valence-electron chi connectivity index (χ2n) is 4.50. The van der Waals surface area contributed by atoms with E-state index in [4.69, 9.17) is 9.84 Å². The number of aryl methyl sites for hydroxylation is 1. The van der Waals surface area contributed by atoms with Crippen molar-refractivity contribution in [1.82, 2.24) is 5.32 Å². The summed E-state index contributed by atoms with van der Waals surface area (Å²) < 4.78 is 5.54. The van der Waals surface area contributed by atoms with Crippen molar-refractivity contribution in [2.24, 2.45) is 0 Å². The standard InChI is InChI=1S/C14H19NO3/c16-7-1-4-14(17)15-10-11-5-6-13-12(9-11)3-2-8-18-13/h5-6,9,16H,1-4,7-8,10H2,(H,15,17). The molecule has 2 N–H and O–H groups in total. The van der Waals surface area contributed by atoms with Gasteiger partial charge in [-0.25, -0.2) is 0 Å². The lowest BCUT2D eigenvalue weighted by Gasteiger charge is -2.18. The molecule has 0 radical (unpaired) electrons. The molecule has 18 heavy (non-hydrogen) atoms. The van der Waals surface area contributed by atoms with Crippen molar-refractivity contribution >= 4 is 5.91 Å². The third-order valence-corrected chi connectivity index (χ3v) is 3.02. The van der Waals surface area contributed by atoms with E-state index in [0.717, 1.165) is 30.8 Å². The van der Waals surface area contributed by atoms with Gasteiger partial charge >= 0.3 is 0 Å². The molecule has 1 aliphatic rings. The monoisotopic (exact) mass is 249 g/mol. The van der Waals surface area contributed by atoms with Crippen LogP contribution < -0.4 is 10.1 Å². The van der Waals surface area contributed by atoms with Gasteiger partial charge in [-0.2, -0.15) is 0 Å². The first-order valence-corrected chi connectivity index (χ1v) is 6.42. The Kier molecular flexibility index (Phi) is 4.59. The molecule has 1 aromatic carbocycles. The normalized spacial score (nSPS) is 13.6. The highest BCUT2D eigenvalue weighted by Crippen LogP contribution is 2.25. The maximum Gasteiger partial charge on any atom is 0.220 e. The number of aliphatic hydroxyl groups is 1. The largest absolute Gasteiger partial charge is 0.493 e. The van der Waals surface area contributed by atoms with Crippen molar-refractivity contribution in [1.29, 1.82) is 0 Å². The Morgan fingerprint density at radius 1 is 1.44 bits per heavy atom. The van der Waals surface area contributed by atoms with Gasteiger partial charge in [-0.15, -0.1) is 0 Å². The summed E-state index contributed by atoms with van der Waals surface area (Å²) in [5, 5.41) is 11.5. The molecule has 1 amide bonds. The minimum Gasteiger partial charge on any atom is -0.493 e. The van der Waals surface area contributed by atoms with E-state index in [2.05, 4.69) is 11.4 Å². The summed E-state index contributed by atoms with van der Waals surface area (Å²) in [5.74, 6) is 0.953. The fourth-order valence-corrected chi connectivity index (χ4v) is 2.05. The molecule has 1 aromatic rings. The zero-order valence-corrected chi connectivity index (χ0v) is 10.4. The first kappa shape index (κ1) is 12.9. The lowest BCUT2D eigenvalue weighted by atomic mass is 10.0. The van der Waals surface area contributed by atoms with Crippen LogP contribution in [-0.2, 0) is 17.8 Å². The number of hydrogen-bond donors (Lipinski definition) is 2. The molecular weight excluding hydrogens is 230 g/mol. The van der Waals surface area contributed by atoms with Crippen LogP contribution >= 0.6 is 0 Å². The highest BCUT2D eigenvalue weighted by Gasteiger charge is 2.10. The zero-order valence-electron chi connectivity index (χ0n) is 10.4. The van der Waals surface area contributed by atoms with Gasteiger partial charge in [0.25, 0.3) is 0 Å². The fraction of sp³-hybridized carbons (Fsp3) is 0.500. The van der Waals surface area contributed by atoms with E-state index in [0.29, 0.717) is 19.4 Å². The van der Waals surface area contributed by atoms with Crippen LogP contribution in [0.15, 0.2) is 18.2 Å². The molecule has 2 rings (SSSR count). The van der Waals surface area contributed by atoms with Gasteiger partial charge in [-0.3, -0.25) is 4.79 Å². The second kappa shape index (κ2) is 6.40. The van der Waals surface area contributed by atoms with Crippen LogP contribution in [0.5, 0.6) is 5.75 Å². The number of aliphatic hydroxyl groups excluding tert-OH is 1. The summed E-state index contributed by atoms with van der Waals surface area (Å²) in [5.41, 5.74) is 2.32. The minimum atomic E-state index is -0.0157. The van der Waals surface area contributed by atoms with Gasteiger partial charge in [-0.05, 0) is 36.5 Å². The number of carbonyl (C=O) groups excluding carboxylic acids is 1. The van der Waals surface area contributed by atoms with E-state index in [9.17, 15) is 4.79 Å². The lowest BCUT2D eigenvalue weighted by molar-refractivity contribution is -0.121. The maximum atomic E-state index is 11.4. The van der Waals surface area contributed by atoms with Crippen LogP contribution in [0, 0.1) is 0 Å². The number of rotatable bonds is 5. The molecule has 0 bridgehead atoms. The van der Waals surface area contributed by atoms with Crippen molar-refractivity contribution in [2.75, 3.05) is 13.2 Å². The fourth-order valence-electron chi connectivity index (χ4n) is 2.05. The first-order valence-electron chi connectivity index (χ1n) is 6.42.